The van der Waals surface area contributed by atoms with E-state index in [1.807, 2.05) is 24.3 Å². The average Bonchev–Trinajstić information content (AvgIpc) is 2.57. The first kappa shape index (κ1) is 16.0. The van der Waals surface area contributed by atoms with Crippen LogP contribution in [0.3, 0.4) is 0 Å². The van der Waals surface area contributed by atoms with Crippen LogP contribution < -0.4 is 4.74 Å². The molecule has 5 heteroatoms. The molecule has 4 atom stereocenters. The molecular weight excluding hydrogens is 296 g/mol. The van der Waals surface area contributed by atoms with Crippen molar-refractivity contribution >= 4 is 0 Å². The summed E-state index contributed by atoms with van der Waals surface area (Å²) in [5, 5.41) is 29.0. The van der Waals surface area contributed by atoms with Crippen LogP contribution in [-0.2, 0) is 4.74 Å². The van der Waals surface area contributed by atoms with Gasteiger partial charge in [-0.3, -0.25) is 0 Å². The molecule has 1 fully saturated rings. The molecule has 0 radical (unpaired) electrons. The third-order valence-corrected chi connectivity index (χ3v) is 4.02. The maximum Gasteiger partial charge on any atom is 0.228 e. The highest BCUT2D eigenvalue weighted by Crippen LogP contribution is 2.26. The molecule has 3 N–H and O–H groups in total. The lowest BCUT2D eigenvalue weighted by atomic mass is 10.0. The molecule has 3 rings (SSSR count). The predicted octanol–water partition coefficient (Wildman–Crippen LogP) is 1.48. The van der Waals surface area contributed by atoms with Crippen molar-refractivity contribution in [3.8, 4) is 16.9 Å². The van der Waals surface area contributed by atoms with Crippen LogP contribution in [-0.4, -0.2) is 46.5 Å². The number of ether oxygens (including phenoxy) is 2. The normalized spacial score (nSPS) is 27.7. The summed E-state index contributed by atoms with van der Waals surface area (Å²) >= 11 is 0. The van der Waals surface area contributed by atoms with Gasteiger partial charge in [-0.1, -0.05) is 36.4 Å². The molecule has 0 aromatic heterocycles. The number of rotatable bonds is 3. The first-order valence-corrected chi connectivity index (χ1v) is 7.55. The van der Waals surface area contributed by atoms with Crippen molar-refractivity contribution in [2.24, 2.45) is 0 Å². The summed E-state index contributed by atoms with van der Waals surface area (Å²) in [6.45, 7) is 1.98. The van der Waals surface area contributed by atoms with Crippen LogP contribution in [0.5, 0.6) is 5.75 Å². The molecule has 0 saturated carbocycles. The Bertz CT molecular complexity index is 655. The van der Waals surface area contributed by atoms with Crippen LogP contribution in [0.1, 0.15) is 5.56 Å². The second-order valence-electron chi connectivity index (χ2n) is 5.71. The quantitative estimate of drug-likeness (QED) is 0.799. The third-order valence-electron chi connectivity index (χ3n) is 4.02. The van der Waals surface area contributed by atoms with E-state index in [0.29, 0.717) is 5.75 Å². The summed E-state index contributed by atoms with van der Waals surface area (Å²) in [6, 6.07) is 15.5. The van der Waals surface area contributed by atoms with Crippen molar-refractivity contribution in [3.63, 3.8) is 0 Å². The van der Waals surface area contributed by atoms with Gasteiger partial charge >= 0.3 is 0 Å². The van der Waals surface area contributed by atoms with Gasteiger partial charge in [0.1, 0.15) is 24.1 Å². The van der Waals surface area contributed by atoms with Gasteiger partial charge in [0.2, 0.25) is 6.29 Å². The van der Waals surface area contributed by atoms with E-state index in [9.17, 15) is 15.3 Å². The molecule has 0 spiro atoms. The molecule has 5 nitrogen and oxygen atoms in total. The van der Waals surface area contributed by atoms with Gasteiger partial charge in [-0.15, -0.1) is 0 Å². The van der Waals surface area contributed by atoms with E-state index < -0.39 is 24.6 Å². The highest BCUT2D eigenvalue weighted by molar-refractivity contribution is 5.67. The maximum absolute atomic E-state index is 9.88. The number of aryl methyl sites for hydroxylation is 1. The molecule has 0 aliphatic carbocycles. The Morgan fingerprint density at radius 2 is 1.65 bits per heavy atom. The molecule has 122 valence electrons. The fraction of sp³-hybridized carbons (Fsp3) is 0.333. The van der Waals surface area contributed by atoms with Crippen molar-refractivity contribution in [3.05, 3.63) is 54.1 Å². The SMILES string of the molecule is Cc1ccccc1-c1ccc(OC2OCC(O)C(O)C2O)cc1. The Morgan fingerprint density at radius 1 is 0.957 bits per heavy atom. The Kier molecular flexibility index (Phi) is 4.63. The van der Waals surface area contributed by atoms with Crippen LogP contribution in [0, 0.1) is 6.92 Å². The zero-order valence-corrected chi connectivity index (χ0v) is 12.8. The monoisotopic (exact) mass is 316 g/mol. The highest BCUT2D eigenvalue weighted by Gasteiger charge is 2.38. The van der Waals surface area contributed by atoms with Crippen LogP contribution >= 0.6 is 0 Å². The molecule has 23 heavy (non-hydrogen) atoms. The minimum atomic E-state index is -1.30. The summed E-state index contributed by atoms with van der Waals surface area (Å²) < 4.78 is 10.8. The van der Waals surface area contributed by atoms with Crippen molar-refractivity contribution in [2.75, 3.05) is 6.61 Å². The van der Waals surface area contributed by atoms with Crippen LogP contribution in [0.15, 0.2) is 48.5 Å². The van der Waals surface area contributed by atoms with Crippen LogP contribution in [0.4, 0.5) is 0 Å². The molecule has 2 aromatic carbocycles. The van der Waals surface area contributed by atoms with E-state index in [0.717, 1.165) is 11.1 Å². The van der Waals surface area contributed by atoms with Crippen LogP contribution in [0.2, 0.25) is 0 Å². The Balaban J connectivity index is 1.72. The van der Waals surface area contributed by atoms with Gasteiger partial charge in [-0.25, -0.2) is 0 Å². The zero-order chi connectivity index (χ0) is 16.4. The van der Waals surface area contributed by atoms with E-state index in [2.05, 4.69) is 19.1 Å². The minimum absolute atomic E-state index is 0.0792. The second kappa shape index (κ2) is 6.68. The number of hydrogen-bond acceptors (Lipinski definition) is 5. The number of benzene rings is 2. The Hall–Kier alpha value is -1.92. The van der Waals surface area contributed by atoms with E-state index in [4.69, 9.17) is 9.47 Å². The van der Waals surface area contributed by atoms with Gasteiger partial charge in [-0.05, 0) is 35.7 Å². The summed E-state index contributed by atoms with van der Waals surface area (Å²) in [6.07, 6.45) is -4.68. The topological polar surface area (TPSA) is 79.2 Å². The maximum atomic E-state index is 9.88. The standard InChI is InChI=1S/C18H20O5/c1-11-4-2-3-5-14(11)12-6-8-13(9-7-12)23-18-17(21)16(20)15(19)10-22-18/h2-9,15-21H,10H2,1H3. The summed E-state index contributed by atoms with van der Waals surface area (Å²) in [7, 11) is 0. The molecule has 1 aliphatic heterocycles. The predicted molar refractivity (Wildman–Crippen MR) is 85.0 cm³/mol. The van der Waals surface area contributed by atoms with Gasteiger partial charge in [0.25, 0.3) is 0 Å². The Morgan fingerprint density at radius 3 is 2.35 bits per heavy atom. The molecule has 1 heterocycles. The molecule has 4 unspecified atom stereocenters. The van der Waals surface area contributed by atoms with Gasteiger partial charge < -0.3 is 24.8 Å². The smallest absolute Gasteiger partial charge is 0.228 e. The molecular formula is C18H20O5. The first-order chi connectivity index (χ1) is 11.1. The summed E-state index contributed by atoms with van der Waals surface area (Å²) in [5.41, 5.74) is 3.40. The van der Waals surface area contributed by atoms with Gasteiger partial charge in [0, 0.05) is 0 Å². The van der Waals surface area contributed by atoms with Crippen LogP contribution in [0.25, 0.3) is 11.1 Å². The first-order valence-electron chi connectivity index (χ1n) is 7.55. The lowest BCUT2D eigenvalue weighted by molar-refractivity contribution is -0.242. The number of aliphatic hydroxyl groups excluding tert-OH is 3. The van der Waals surface area contributed by atoms with Gasteiger partial charge in [0.05, 0.1) is 6.61 Å². The van der Waals surface area contributed by atoms with E-state index in [1.165, 1.54) is 5.56 Å². The van der Waals surface area contributed by atoms with Crippen molar-refractivity contribution < 1.29 is 24.8 Å². The van der Waals surface area contributed by atoms with Gasteiger partial charge in [0.15, 0.2) is 0 Å². The Labute approximate surface area is 134 Å². The van der Waals surface area contributed by atoms with Crippen molar-refractivity contribution in [1.29, 1.82) is 0 Å². The molecule has 0 bridgehead atoms. The molecule has 0 amide bonds. The molecule has 2 aromatic rings. The fourth-order valence-corrected chi connectivity index (χ4v) is 2.63. The summed E-state index contributed by atoms with van der Waals surface area (Å²) in [5.74, 6) is 0.523. The van der Waals surface area contributed by atoms with Gasteiger partial charge in [-0.2, -0.15) is 0 Å². The number of hydrogen-bond donors (Lipinski definition) is 3. The third kappa shape index (κ3) is 3.38. The zero-order valence-electron chi connectivity index (χ0n) is 12.8. The minimum Gasteiger partial charge on any atom is -0.462 e. The fourth-order valence-electron chi connectivity index (χ4n) is 2.63. The van der Waals surface area contributed by atoms with E-state index >= 15 is 0 Å². The average molecular weight is 316 g/mol. The van der Waals surface area contributed by atoms with Crippen molar-refractivity contribution in [1.82, 2.24) is 0 Å². The lowest BCUT2D eigenvalue weighted by Gasteiger charge is -2.34. The molecule has 1 aliphatic rings. The largest absolute Gasteiger partial charge is 0.462 e. The lowest BCUT2D eigenvalue weighted by Crippen LogP contribution is -2.54. The highest BCUT2D eigenvalue weighted by atomic mass is 16.7. The number of aliphatic hydroxyl groups is 3. The van der Waals surface area contributed by atoms with E-state index in [1.54, 1.807) is 12.1 Å². The van der Waals surface area contributed by atoms with E-state index in [-0.39, 0.29) is 6.61 Å². The molecule has 1 saturated heterocycles. The summed E-state index contributed by atoms with van der Waals surface area (Å²) in [4.78, 5) is 0. The second-order valence-corrected chi connectivity index (χ2v) is 5.71. The van der Waals surface area contributed by atoms with Crippen molar-refractivity contribution in [2.45, 2.75) is 31.5 Å².